The van der Waals surface area contributed by atoms with Crippen LogP contribution >= 0.6 is 0 Å². The molecule has 0 radical (unpaired) electrons. The molecule has 0 aromatic heterocycles. The quantitative estimate of drug-likeness (QED) is 0.0418. The molecule has 0 aromatic carbocycles. The van der Waals surface area contributed by atoms with Crippen LogP contribution in [0.2, 0.25) is 0 Å². The summed E-state index contributed by atoms with van der Waals surface area (Å²) in [5.74, 6) is 0.0174. The van der Waals surface area contributed by atoms with Crippen molar-refractivity contribution in [1.29, 1.82) is 0 Å². The lowest BCUT2D eigenvalue weighted by Crippen LogP contribution is -2.05. The van der Waals surface area contributed by atoms with Gasteiger partial charge in [-0.05, 0) is 64.2 Å². The van der Waals surface area contributed by atoms with Crippen molar-refractivity contribution in [2.24, 2.45) is 0 Å². The van der Waals surface area contributed by atoms with Crippen molar-refractivity contribution in [3.63, 3.8) is 0 Å². The van der Waals surface area contributed by atoms with Gasteiger partial charge < -0.3 is 4.74 Å². The molecule has 2 heteroatoms. The first-order chi connectivity index (χ1) is 20.8. The Hall–Kier alpha value is -1.05. The van der Waals surface area contributed by atoms with Gasteiger partial charge in [0.05, 0.1) is 6.61 Å². The summed E-state index contributed by atoms with van der Waals surface area (Å²) in [6.07, 6.45) is 51.1. The maximum Gasteiger partial charge on any atom is 0.305 e. The maximum absolute atomic E-state index is 12.0. The van der Waals surface area contributed by atoms with Crippen LogP contribution in [-0.4, -0.2) is 12.6 Å². The monoisotopic (exact) mass is 589 g/mol. The molecule has 0 rings (SSSR count). The van der Waals surface area contributed by atoms with Crippen molar-refractivity contribution in [3.8, 4) is 0 Å². The standard InChI is InChI=1S/C40H76O2/c1-3-5-7-9-11-13-15-17-19-21-23-25-27-29-31-33-35-37-39-42-40(41)38-36-34-32-30-28-26-24-22-20-18-16-14-12-10-8-6-4-2/h17-20H,3-16,21-39H2,1-2H3/b19-17+,20-18+. The molecule has 0 aromatic rings. The molecule has 42 heavy (non-hydrogen) atoms. The van der Waals surface area contributed by atoms with Gasteiger partial charge in [0.15, 0.2) is 0 Å². The number of esters is 1. The third-order valence-electron chi connectivity index (χ3n) is 8.56. The molecule has 0 N–H and O–H groups in total. The van der Waals surface area contributed by atoms with E-state index in [2.05, 4.69) is 38.2 Å². The number of carbonyl (C=O) groups is 1. The Morgan fingerprint density at radius 3 is 1.02 bits per heavy atom. The Morgan fingerprint density at radius 2 is 0.667 bits per heavy atom. The van der Waals surface area contributed by atoms with Gasteiger partial charge in [-0.3, -0.25) is 4.79 Å². The second-order valence-corrected chi connectivity index (χ2v) is 12.9. The first-order valence-corrected chi connectivity index (χ1v) is 19.3. The fraction of sp³-hybridized carbons (Fsp3) is 0.875. The number of ether oxygens (including phenoxy) is 1. The first kappa shape index (κ1) is 41.0. The third kappa shape index (κ3) is 37.0. The highest BCUT2D eigenvalue weighted by Crippen LogP contribution is 2.13. The summed E-state index contributed by atoms with van der Waals surface area (Å²) in [4.78, 5) is 12.0. The van der Waals surface area contributed by atoms with Crippen LogP contribution in [0.15, 0.2) is 24.3 Å². The van der Waals surface area contributed by atoms with E-state index in [-0.39, 0.29) is 5.97 Å². The SMILES string of the molecule is CCCCCCCC/C=C/CCCCCCCCCCOC(=O)CCCCCCCCC/C=C/CCCCCCCC. The highest BCUT2D eigenvalue weighted by atomic mass is 16.5. The number of hydrogen-bond donors (Lipinski definition) is 0. The normalized spacial score (nSPS) is 11.8. The van der Waals surface area contributed by atoms with Crippen LogP contribution in [0.5, 0.6) is 0 Å². The molecule has 0 bridgehead atoms. The molecule has 0 fully saturated rings. The summed E-state index contributed by atoms with van der Waals surface area (Å²) in [5.41, 5.74) is 0. The van der Waals surface area contributed by atoms with Gasteiger partial charge in [0, 0.05) is 6.42 Å². The van der Waals surface area contributed by atoms with E-state index in [9.17, 15) is 4.79 Å². The number of unbranched alkanes of at least 4 members (excludes halogenated alkanes) is 27. The second-order valence-electron chi connectivity index (χ2n) is 12.9. The molecule has 0 aliphatic carbocycles. The van der Waals surface area contributed by atoms with Crippen molar-refractivity contribution in [1.82, 2.24) is 0 Å². The molecular weight excluding hydrogens is 512 g/mol. The zero-order chi connectivity index (χ0) is 30.4. The fourth-order valence-electron chi connectivity index (χ4n) is 5.65. The highest BCUT2D eigenvalue weighted by molar-refractivity contribution is 5.69. The molecule has 248 valence electrons. The van der Waals surface area contributed by atoms with Gasteiger partial charge in [-0.1, -0.05) is 173 Å². The smallest absolute Gasteiger partial charge is 0.305 e. The second kappa shape index (κ2) is 38.0. The van der Waals surface area contributed by atoms with Crippen LogP contribution in [0.4, 0.5) is 0 Å². The lowest BCUT2D eigenvalue weighted by atomic mass is 10.1. The molecule has 2 nitrogen and oxygen atoms in total. The van der Waals surface area contributed by atoms with E-state index in [0.29, 0.717) is 13.0 Å². The van der Waals surface area contributed by atoms with Crippen LogP contribution in [0, 0.1) is 0 Å². The maximum atomic E-state index is 12.0. The average molecular weight is 589 g/mol. The van der Waals surface area contributed by atoms with Crippen LogP contribution in [0.25, 0.3) is 0 Å². The zero-order valence-electron chi connectivity index (χ0n) is 29.0. The molecule has 0 atom stereocenters. The summed E-state index contributed by atoms with van der Waals surface area (Å²) < 4.78 is 5.45. The highest BCUT2D eigenvalue weighted by Gasteiger charge is 2.02. The molecule has 0 aliphatic rings. The molecule has 0 spiro atoms. The van der Waals surface area contributed by atoms with Crippen LogP contribution in [-0.2, 0) is 9.53 Å². The van der Waals surface area contributed by atoms with E-state index in [4.69, 9.17) is 4.74 Å². The minimum absolute atomic E-state index is 0.0174. The van der Waals surface area contributed by atoms with Crippen LogP contribution in [0.1, 0.15) is 219 Å². The Bertz CT molecular complexity index is 564. The zero-order valence-corrected chi connectivity index (χ0v) is 29.0. The number of carbonyl (C=O) groups excluding carboxylic acids is 1. The summed E-state index contributed by atoms with van der Waals surface area (Å²) in [5, 5.41) is 0. The van der Waals surface area contributed by atoms with Crippen molar-refractivity contribution in [2.75, 3.05) is 6.61 Å². The third-order valence-corrected chi connectivity index (χ3v) is 8.56. The molecular formula is C40H76O2. The Balaban J connectivity index is 3.21. The average Bonchev–Trinajstić information content (AvgIpc) is 3.00. The van der Waals surface area contributed by atoms with Gasteiger partial charge >= 0.3 is 5.97 Å². The van der Waals surface area contributed by atoms with Crippen molar-refractivity contribution >= 4 is 5.97 Å². The summed E-state index contributed by atoms with van der Waals surface area (Å²) in [6.45, 7) is 5.19. The minimum Gasteiger partial charge on any atom is -0.466 e. The topological polar surface area (TPSA) is 26.3 Å². The summed E-state index contributed by atoms with van der Waals surface area (Å²) in [7, 11) is 0. The van der Waals surface area contributed by atoms with Gasteiger partial charge in [0.25, 0.3) is 0 Å². The molecule has 0 saturated carbocycles. The molecule has 0 unspecified atom stereocenters. The number of allylic oxidation sites excluding steroid dienone is 4. The van der Waals surface area contributed by atoms with Crippen molar-refractivity contribution in [2.45, 2.75) is 219 Å². The lowest BCUT2D eigenvalue weighted by molar-refractivity contribution is -0.143. The summed E-state index contributed by atoms with van der Waals surface area (Å²) in [6, 6.07) is 0. The molecule has 0 aliphatic heterocycles. The first-order valence-electron chi connectivity index (χ1n) is 19.3. The van der Waals surface area contributed by atoms with Crippen molar-refractivity contribution < 1.29 is 9.53 Å². The Kier molecular flexibility index (Phi) is 37.0. The van der Waals surface area contributed by atoms with Gasteiger partial charge in [-0.2, -0.15) is 0 Å². The van der Waals surface area contributed by atoms with E-state index in [1.165, 1.54) is 186 Å². The van der Waals surface area contributed by atoms with Gasteiger partial charge in [-0.15, -0.1) is 0 Å². The van der Waals surface area contributed by atoms with E-state index in [1.807, 2.05) is 0 Å². The molecule has 0 amide bonds. The van der Waals surface area contributed by atoms with Crippen LogP contribution < -0.4 is 0 Å². The fourth-order valence-corrected chi connectivity index (χ4v) is 5.65. The van der Waals surface area contributed by atoms with E-state index in [0.717, 1.165) is 12.8 Å². The predicted octanol–water partition coefficient (Wildman–Crippen LogP) is 14.2. The van der Waals surface area contributed by atoms with Crippen LogP contribution in [0.3, 0.4) is 0 Å². The van der Waals surface area contributed by atoms with Crippen molar-refractivity contribution in [3.05, 3.63) is 24.3 Å². The lowest BCUT2D eigenvalue weighted by Gasteiger charge is -2.05. The Morgan fingerprint density at radius 1 is 0.381 bits per heavy atom. The molecule has 0 heterocycles. The van der Waals surface area contributed by atoms with Gasteiger partial charge in [-0.25, -0.2) is 0 Å². The number of hydrogen-bond acceptors (Lipinski definition) is 2. The largest absolute Gasteiger partial charge is 0.466 e. The Labute approximate surface area is 265 Å². The minimum atomic E-state index is 0.0174. The summed E-state index contributed by atoms with van der Waals surface area (Å²) >= 11 is 0. The van der Waals surface area contributed by atoms with Gasteiger partial charge in [0.2, 0.25) is 0 Å². The molecule has 0 saturated heterocycles. The number of rotatable bonds is 35. The predicted molar refractivity (Wildman–Crippen MR) is 188 cm³/mol. The van der Waals surface area contributed by atoms with E-state index >= 15 is 0 Å². The van der Waals surface area contributed by atoms with Gasteiger partial charge in [0.1, 0.15) is 0 Å². The van der Waals surface area contributed by atoms with E-state index in [1.54, 1.807) is 0 Å². The van der Waals surface area contributed by atoms with E-state index < -0.39 is 0 Å².